The number of rotatable bonds is 8. The SMILES string of the molecule is CCN(CC)CCNc1cc(N)c(C(=O)NC2CC2)s1. The predicted octanol–water partition coefficient (Wildman–Crippen LogP) is 1.98. The summed E-state index contributed by atoms with van der Waals surface area (Å²) in [6.07, 6.45) is 2.18. The Balaban J connectivity index is 1.84. The fourth-order valence-electron chi connectivity index (χ4n) is 2.03. The quantitative estimate of drug-likeness (QED) is 0.686. The molecule has 0 atom stereocenters. The highest BCUT2D eigenvalue weighted by atomic mass is 32.1. The van der Waals surface area contributed by atoms with Gasteiger partial charge >= 0.3 is 0 Å². The van der Waals surface area contributed by atoms with E-state index in [4.69, 9.17) is 5.73 Å². The van der Waals surface area contributed by atoms with Crippen molar-refractivity contribution in [2.45, 2.75) is 32.7 Å². The summed E-state index contributed by atoms with van der Waals surface area (Å²) in [5.41, 5.74) is 6.49. The second-order valence-electron chi connectivity index (χ2n) is 5.10. The van der Waals surface area contributed by atoms with Crippen LogP contribution in [0.5, 0.6) is 0 Å². The van der Waals surface area contributed by atoms with E-state index in [2.05, 4.69) is 29.4 Å². The molecule has 0 spiro atoms. The van der Waals surface area contributed by atoms with Crippen molar-refractivity contribution >= 4 is 27.9 Å². The third kappa shape index (κ3) is 4.11. The van der Waals surface area contributed by atoms with Gasteiger partial charge in [-0.05, 0) is 32.0 Å². The number of nitrogens with one attached hydrogen (secondary N) is 2. The second kappa shape index (κ2) is 6.95. The van der Waals surface area contributed by atoms with Crippen LogP contribution in [0, 0.1) is 0 Å². The van der Waals surface area contributed by atoms with Gasteiger partial charge in [-0.15, -0.1) is 11.3 Å². The summed E-state index contributed by atoms with van der Waals surface area (Å²) in [5.74, 6) is -0.0354. The minimum Gasteiger partial charge on any atom is -0.397 e. The van der Waals surface area contributed by atoms with Crippen molar-refractivity contribution in [2.75, 3.05) is 37.2 Å². The smallest absolute Gasteiger partial charge is 0.263 e. The summed E-state index contributed by atoms with van der Waals surface area (Å²) in [4.78, 5) is 15.0. The van der Waals surface area contributed by atoms with E-state index in [9.17, 15) is 4.79 Å². The van der Waals surface area contributed by atoms with Gasteiger partial charge in [-0.3, -0.25) is 4.79 Å². The molecule has 0 unspecified atom stereocenters. The molecule has 0 saturated heterocycles. The van der Waals surface area contributed by atoms with Crippen molar-refractivity contribution < 1.29 is 4.79 Å². The Morgan fingerprint density at radius 2 is 2.15 bits per heavy atom. The van der Waals surface area contributed by atoms with Crippen LogP contribution in [-0.4, -0.2) is 43.0 Å². The standard InChI is InChI=1S/C14H24N4OS/c1-3-18(4-2)8-7-16-12-9-11(15)13(20-12)14(19)17-10-5-6-10/h9-10,16H,3-8,15H2,1-2H3,(H,17,19). The van der Waals surface area contributed by atoms with Gasteiger partial charge in [0.05, 0.1) is 10.7 Å². The Hall–Kier alpha value is -1.27. The van der Waals surface area contributed by atoms with Crippen molar-refractivity contribution in [3.05, 3.63) is 10.9 Å². The Bertz CT molecular complexity index is 452. The number of likely N-dealkylation sites (N-methyl/N-ethyl adjacent to an activating group) is 1. The Labute approximate surface area is 124 Å². The number of nitrogens with zero attached hydrogens (tertiary/aromatic N) is 1. The first-order chi connectivity index (χ1) is 9.63. The fourth-order valence-corrected chi connectivity index (χ4v) is 2.93. The van der Waals surface area contributed by atoms with Crippen LogP contribution in [0.15, 0.2) is 6.07 Å². The van der Waals surface area contributed by atoms with E-state index < -0.39 is 0 Å². The molecule has 0 radical (unpaired) electrons. The van der Waals surface area contributed by atoms with Crippen LogP contribution in [0.2, 0.25) is 0 Å². The van der Waals surface area contributed by atoms with E-state index in [1.54, 1.807) is 0 Å². The zero-order valence-corrected chi connectivity index (χ0v) is 13.1. The summed E-state index contributed by atoms with van der Waals surface area (Å²) < 4.78 is 0. The first-order valence-corrected chi connectivity index (χ1v) is 8.12. The molecule has 112 valence electrons. The van der Waals surface area contributed by atoms with Crippen LogP contribution in [0.4, 0.5) is 10.7 Å². The topological polar surface area (TPSA) is 70.4 Å². The molecule has 0 aromatic carbocycles. The molecule has 4 N–H and O–H groups in total. The maximum absolute atomic E-state index is 12.0. The molecule has 0 aliphatic heterocycles. The molecule has 5 nitrogen and oxygen atoms in total. The molecule has 1 aromatic rings. The lowest BCUT2D eigenvalue weighted by Gasteiger charge is -2.17. The highest BCUT2D eigenvalue weighted by Crippen LogP contribution is 2.30. The normalized spacial score (nSPS) is 14.6. The minimum absolute atomic E-state index is 0.0354. The van der Waals surface area contributed by atoms with Gasteiger partial charge in [0.15, 0.2) is 0 Å². The van der Waals surface area contributed by atoms with Gasteiger partial charge in [0.2, 0.25) is 0 Å². The zero-order chi connectivity index (χ0) is 14.5. The molecule has 6 heteroatoms. The molecule has 1 aliphatic rings. The van der Waals surface area contributed by atoms with E-state index in [1.165, 1.54) is 11.3 Å². The highest BCUT2D eigenvalue weighted by molar-refractivity contribution is 7.18. The molecule has 20 heavy (non-hydrogen) atoms. The van der Waals surface area contributed by atoms with Crippen LogP contribution in [0.25, 0.3) is 0 Å². The van der Waals surface area contributed by atoms with Crippen LogP contribution in [0.3, 0.4) is 0 Å². The monoisotopic (exact) mass is 296 g/mol. The number of carbonyl (C=O) groups is 1. The maximum atomic E-state index is 12.0. The summed E-state index contributed by atoms with van der Waals surface area (Å²) >= 11 is 1.44. The molecule has 0 bridgehead atoms. The third-order valence-corrected chi connectivity index (χ3v) is 4.61. The second-order valence-corrected chi connectivity index (χ2v) is 6.15. The number of nitrogens with two attached hydrogens (primary N) is 1. The maximum Gasteiger partial charge on any atom is 0.263 e. The fraction of sp³-hybridized carbons (Fsp3) is 0.643. The number of hydrogen-bond donors (Lipinski definition) is 3. The number of thiophene rings is 1. The molecule has 1 heterocycles. The number of carbonyl (C=O) groups excluding carboxylic acids is 1. The van der Waals surface area contributed by atoms with Gasteiger partial charge in [-0.25, -0.2) is 0 Å². The number of amides is 1. The summed E-state index contributed by atoms with van der Waals surface area (Å²) in [6.45, 7) is 8.29. The molecule has 1 aliphatic carbocycles. The highest BCUT2D eigenvalue weighted by Gasteiger charge is 2.25. The minimum atomic E-state index is -0.0354. The van der Waals surface area contributed by atoms with Crippen LogP contribution in [-0.2, 0) is 0 Å². The molecule has 2 rings (SSSR count). The Morgan fingerprint density at radius 3 is 2.75 bits per heavy atom. The number of nitrogen functional groups attached to an aromatic ring is 1. The summed E-state index contributed by atoms with van der Waals surface area (Å²) in [6, 6.07) is 2.22. The van der Waals surface area contributed by atoms with Gasteiger partial charge in [-0.1, -0.05) is 13.8 Å². The van der Waals surface area contributed by atoms with Gasteiger partial charge in [0.1, 0.15) is 4.88 Å². The lowest BCUT2D eigenvalue weighted by Crippen LogP contribution is -2.28. The first-order valence-electron chi connectivity index (χ1n) is 7.30. The van der Waals surface area contributed by atoms with Crippen molar-refractivity contribution in [3.63, 3.8) is 0 Å². The van der Waals surface area contributed by atoms with Crippen LogP contribution < -0.4 is 16.4 Å². The third-order valence-electron chi connectivity index (χ3n) is 3.50. The van der Waals surface area contributed by atoms with Crippen molar-refractivity contribution in [2.24, 2.45) is 0 Å². The number of hydrogen-bond acceptors (Lipinski definition) is 5. The van der Waals surface area contributed by atoms with Gasteiger partial charge in [0, 0.05) is 19.1 Å². The summed E-state index contributed by atoms with van der Waals surface area (Å²) in [7, 11) is 0. The largest absolute Gasteiger partial charge is 0.397 e. The first kappa shape index (κ1) is 15.1. The van der Waals surface area contributed by atoms with E-state index in [0.29, 0.717) is 16.6 Å². The molecular formula is C14H24N4OS. The molecule has 1 aromatic heterocycles. The average Bonchev–Trinajstić information content (AvgIpc) is 3.16. The van der Waals surface area contributed by atoms with Crippen molar-refractivity contribution in [1.82, 2.24) is 10.2 Å². The Kier molecular flexibility index (Phi) is 5.25. The average molecular weight is 296 g/mol. The molecule has 1 fully saturated rings. The van der Waals surface area contributed by atoms with Gasteiger partial charge in [0.25, 0.3) is 5.91 Å². The van der Waals surface area contributed by atoms with E-state index in [-0.39, 0.29) is 5.91 Å². The molecule has 1 saturated carbocycles. The van der Waals surface area contributed by atoms with E-state index in [0.717, 1.165) is 44.0 Å². The van der Waals surface area contributed by atoms with Crippen LogP contribution >= 0.6 is 11.3 Å². The molecular weight excluding hydrogens is 272 g/mol. The van der Waals surface area contributed by atoms with E-state index in [1.807, 2.05) is 6.07 Å². The lowest BCUT2D eigenvalue weighted by molar-refractivity contribution is 0.0956. The predicted molar refractivity (Wildman–Crippen MR) is 85.5 cm³/mol. The zero-order valence-electron chi connectivity index (χ0n) is 12.2. The van der Waals surface area contributed by atoms with Crippen molar-refractivity contribution in [1.29, 1.82) is 0 Å². The molecule has 1 amide bonds. The van der Waals surface area contributed by atoms with Crippen LogP contribution in [0.1, 0.15) is 36.4 Å². The summed E-state index contributed by atoms with van der Waals surface area (Å²) in [5, 5.41) is 7.29. The van der Waals surface area contributed by atoms with Crippen molar-refractivity contribution in [3.8, 4) is 0 Å². The van der Waals surface area contributed by atoms with E-state index >= 15 is 0 Å². The van der Waals surface area contributed by atoms with Gasteiger partial charge in [-0.2, -0.15) is 0 Å². The Morgan fingerprint density at radius 1 is 1.45 bits per heavy atom. The van der Waals surface area contributed by atoms with Gasteiger partial charge < -0.3 is 21.3 Å². The lowest BCUT2D eigenvalue weighted by atomic mass is 10.3. The number of anilines is 2.